The summed E-state index contributed by atoms with van der Waals surface area (Å²) in [6.45, 7) is 1.16. The maximum absolute atomic E-state index is 12.3. The SMILES string of the molecule is COc1cc2cc(CC(C)(C(=O)OC(N)=O)C(=O)OC(N)=O)sc2cc1OC. The fraction of sp³-hybridized carbons (Fsp3) is 0.294. The maximum atomic E-state index is 12.3. The minimum atomic E-state index is -2.03. The molecule has 0 atom stereocenters. The average Bonchev–Trinajstić information content (AvgIpc) is 2.99. The van der Waals surface area contributed by atoms with Gasteiger partial charge in [0.25, 0.3) is 0 Å². The summed E-state index contributed by atoms with van der Waals surface area (Å²) in [7, 11) is 2.99. The largest absolute Gasteiger partial charge is 0.493 e. The highest BCUT2D eigenvalue weighted by molar-refractivity contribution is 7.19. The summed E-state index contributed by atoms with van der Waals surface area (Å²) in [5.74, 6) is -1.52. The van der Waals surface area contributed by atoms with Gasteiger partial charge in [0, 0.05) is 22.1 Å². The van der Waals surface area contributed by atoms with E-state index in [-0.39, 0.29) is 6.42 Å². The summed E-state index contributed by atoms with van der Waals surface area (Å²) in [6.07, 6.45) is -3.02. The highest BCUT2D eigenvalue weighted by Crippen LogP contribution is 2.38. The molecule has 4 N–H and O–H groups in total. The minimum Gasteiger partial charge on any atom is -0.493 e. The number of benzene rings is 1. The molecule has 1 aromatic carbocycles. The predicted molar refractivity (Wildman–Crippen MR) is 98.1 cm³/mol. The molecule has 150 valence electrons. The Hall–Kier alpha value is -3.34. The van der Waals surface area contributed by atoms with Crippen molar-refractivity contribution in [3.05, 3.63) is 23.1 Å². The van der Waals surface area contributed by atoms with Crippen molar-refractivity contribution >= 4 is 45.5 Å². The smallest absolute Gasteiger partial charge is 0.412 e. The van der Waals surface area contributed by atoms with Gasteiger partial charge in [0.15, 0.2) is 16.9 Å². The molecule has 0 unspecified atom stereocenters. The second kappa shape index (κ2) is 8.13. The number of esters is 2. The van der Waals surface area contributed by atoms with Crippen molar-refractivity contribution in [1.82, 2.24) is 0 Å². The molecule has 0 aliphatic rings. The van der Waals surface area contributed by atoms with Crippen LogP contribution in [0.2, 0.25) is 0 Å². The number of nitrogens with two attached hydrogens (primary N) is 2. The van der Waals surface area contributed by atoms with Gasteiger partial charge >= 0.3 is 24.1 Å². The standard InChI is InChI=1S/C17H18N2O8S/c1-17(13(20)26-15(18)22,14(21)27-16(19)23)7-9-4-8-5-10(24-2)11(25-3)6-12(8)28-9/h4-6H,7H2,1-3H3,(H2,18,22)(H2,19,23). The van der Waals surface area contributed by atoms with Crippen molar-refractivity contribution in [1.29, 1.82) is 0 Å². The molecule has 1 heterocycles. The number of rotatable bonds is 6. The van der Waals surface area contributed by atoms with Gasteiger partial charge in [-0.15, -0.1) is 11.3 Å². The third-order valence-corrected chi connectivity index (χ3v) is 4.99. The molecule has 0 bridgehead atoms. The molecule has 0 saturated heterocycles. The lowest BCUT2D eigenvalue weighted by atomic mass is 9.86. The molecule has 0 spiro atoms. The Labute approximate surface area is 163 Å². The zero-order valence-corrected chi connectivity index (χ0v) is 16.1. The molecule has 28 heavy (non-hydrogen) atoms. The van der Waals surface area contributed by atoms with Crippen LogP contribution >= 0.6 is 11.3 Å². The topological polar surface area (TPSA) is 157 Å². The van der Waals surface area contributed by atoms with Gasteiger partial charge in [-0.25, -0.2) is 9.59 Å². The van der Waals surface area contributed by atoms with Crippen molar-refractivity contribution in [2.45, 2.75) is 13.3 Å². The lowest BCUT2D eigenvalue weighted by Gasteiger charge is -2.22. The highest BCUT2D eigenvalue weighted by Gasteiger charge is 2.46. The van der Waals surface area contributed by atoms with Gasteiger partial charge in [-0.1, -0.05) is 0 Å². The Kier molecular flexibility index (Phi) is 6.09. The van der Waals surface area contributed by atoms with Crippen LogP contribution in [0.15, 0.2) is 18.2 Å². The fourth-order valence-electron chi connectivity index (χ4n) is 2.49. The van der Waals surface area contributed by atoms with Gasteiger partial charge in [-0.2, -0.15) is 0 Å². The number of carbonyl (C=O) groups is 4. The van der Waals surface area contributed by atoms with Gasteiger partial charge < -0.3 is 30.4 Å². The number of carbonyl (C=O) groups excluding carboxylic acids is 4. The van der Waals surface area contributed by atoms with E-state index in [4.69, 9.17) is 20.9 Å². The van der Waals surface area contributed by atoms with E-state index in [1.807, 2.05) is 0 Å². The van der Waals surface area contributed by atoms with Crippen LogP contribution < -0.4 is 20.9 Å². The third-order valence-electron chi connectivity index (χ3n) is 3.89. The summed E-state index contributed by atoms with van der Waals surface area (Å²) in [6, 6.07) is 5.19. The molecular weight excluding hydrogens is 392 g/mol. The quantitative estimate of drug-likeness (QED) is 0.538. The maximum Gasteiger partial charge on any atom is 0.412 e. The Morgan fingerprint density at radius 2 is 1.43 bits per heavy atom. The van der Waals surface area contributed by atoms with Crippen molar-refractivity contribution in [2.24, 2.45) is 16.9 Å². The molecule has 1 aromatic heterocycles. The number of ether oxygens (including phenoxy) is 4. The monoisotopic (exact) mass is 410 g/mol. The number of amides is 2. The second-order valence-electron chi connectivity index (χ2n) is 5.88. The van der Waals surface area contributed by atoms with Crippen LogP contribution in [-0.4, -0.2) is 38.3 Å². The van der Waals surface area contributed by atoms with Crippen LogP contribution in [0.3, 0.4) is 0 Å². The molecule has 11 heteroatoms. The van der Waals surface area contributed by atoms with Gasteiger partial charge in [0.2, 0.25) is 0 Å². The first-order valence-electron chi connectivity index (χ1n) is 7.78. The van der Waals surface area contributed by atoms with E-state index in [1.54, 1.807) is 18.2 Å². The molecule has 0 aliphatic heterocycles. The summed E-state index contributed by atoms with van der Waals surface area (Å²) in [5, 5.41) is 0.770. The number of thiophene rings is 1. The number of fused-ring (bicyclic) bond motifs is 1. The van der Waals surface area contributed by atoms with Crippen LogP contribution in [0.4, 0.5) is 9.59 Å². The van der Waals surface area contributed by atoms with Gasteiger partial charge in [0.1, 0.15) is 0 Å². The van der Waals surface area contributed by atoms with Crippen molar-refractivity contribution in [3.63, 3.8) is 0 Å². The van der Waals surface area contributed by atoms with Crippen LogP contribution in [0.1, 0.15) is 11.8 Å². The first-order valence-corrected chi connectivity index (χ1v) is 8.60. The normalized spacial score (nSPS) is 11.0. The molecule has 0 aliphatic carbocycles. The molecule has 0 radical (unpaired) electrons. The number of hydrogen-bond donors (Lipinski definition) is 2. The number of methoxy groups -OCH3 is 2. The van der Waals surface area contributed by atoms with Crippen molar-refractivity contribution < 1.29 is 38.1 Å². The first kappa shape index (κ1) is 21.0. The summed E-state index contributed by atoms with van der Waals surface area (Å²) < 4.78 is 20.0. The average molecular weight is 410 g/mol. The lowest BCUT2D eigenvalue weighted by Crippen LogP contribution is -2.44. The van der Waals surface area contributed by atoms with Crippen LogP contribution in [0, 0.1) is 5.41 Å². The molecule has 2 amide bonds. The van der Waals surface area contributed by atoms with Crippen LogP contribution in [0.5, 0.6) is 11.5 Å². The zero-order chi connectivity index (χ0) is 21.1. The third kappa shape index (κ3) is 4.31. The molecule has 2 aromatic rings. The highest BCUT2D eigenvalue weighted by atomic mass is 32.1. The molecule has 0 saturated carbocycles. The Morgan fingerprint density at radius 1 is 0.929 bits per heavy atom. The second-order valence-corrected chi connectivity index (χ2v) is 7.05. The Morgan fingerprint density at radius 3 is 1.89 bits per heavy atom. The molecule has 2 rings (SSSR count). The Bertz CT molecular complexity index is 883. The predicted octanol–water partition coefficient (Wildman–Crippen LogP) is 1.71. The zero-order valence-electron chi connectivity index (χ0n) is 15.3. The van der Waals surface area contributed by atoms with Crippen molar-refractivity contribution in [3.8, 4) is 11.5 Å². The van der Waals surface area contributed by atoms with E-state index in [2.05, 4.69) is 9.47 Å². The Balaban J connectivity index is 2.45. The van der Waals surface area contributed by atoms with E-state index in [1.165, 1.54) is 25.6 Å². The van der Waals surface area contributed by atoms with Gasteiger partial charge in [-0.05, 0) is 24.4 Å². The van der Waals surface area contributed by atoms with E-state index < -0.39 is 29.5 Å². The van der Waals surface area contributed by atoms with E-state index in [9.17, 15) is 19.2 Å². The summed E-state index contributed by atoms with van der Waals surface area (Å²) in [5.41, 5.74) is 7.69. The van der Waals surface area contributed by atoms with Gasteiger partial charge in [-0.3, -0.25) is 9.59 Å². The van der Waals surface area contributed by atoms with Crippen molar-refractivity contribution in [2.75, 3.05) is 14.2 Å². The van der Waals surface area contributed by atoms with E-state index in [0.717, 1.165) is 17.0 Å². The molecule has 10 nitrogen and oxygen atoms in total. The van der Waals surface area contributed by atoms with Crippen LogP contribution in [-0.2, 0) is 25.5 Å². The summed E-state index contributed by atoms with van der Waals surface area (Å²) in [4.78, 5) is 47.1. The first-order chi connectivity index (χ1) is 13.1. The molecular formula is C17H18N2O8S. The van der Waals surface area contributed by atoms with E-state index >= 15 is 0 Å². The minimum absolute atomic E-state index is 0.227. The number of primary amides is 2. The summed E-state index contributed by atoms with van der Waals surface area (Å²) >= 11 is 1.26. The number of hydrogen-bond acceptors (Lipinski definition) is 9. The van der Waals surface area contributed by atoms with E-state index in [0.29, 0.717) is 16.4 Å². The van der Waals surface area contributed by atoms with Gasteiger partial charge in [0.05, 0.1) is 14.2 Å². The van der Waals surface area contributed by atoms with Crippen LogP contribution in [0.25, 0.3) is 10.1 Å². The molecule has 0 fully saturated rings. The lowest BCUT2D eigenvalue weighted by molar-refractivity contribution is -0.162. The fourth-order valence-corrected chi connectivity index (χ4v) is 3.72.